The maximum absolute atomic E-state index is 12.9. The second-order valence-electron chi connectivity index (χ2n) is 7.95. The Kier molecular flexibility index (Phi) is 10.6. The number of pyridine rings is 1. The molecule has 1 aromatic heterocycles. The fourth-order valence-electron chi connectivity index (χ4n) is 3.42. The van der Waals surface area contributed by atoms with Gasteiger partial charge in [-0.1, -0.05) is 26.5 Å². The first kappa shape index (κ1) is 28.5. The number of nitrogens with zero attached hydrogens (tertiary/aromatic N) is 1. The standard InChI is InChI=1S/C25H29N3O6.C2H6/c1-5-16-11-19(23(30)26-6-2)18(12-21(16)33-4)17-9-10-20(24(31)27-13-15-7-8-15)28-22(17)25(32)34-14(3)29;1-2/h5,9-12,14-15,29H,1,6-8,13H2,2-4H3,(H,26,30)(H,27,31);1-2H3. The van der Waals surface area contributed by atoms with Gasteiger partial charge in [0.15, 0.2) is 12.0 Å². The lowest BCUT2D eigenvalue weighted by molar-refractivity contribution is -0.0526. The molecule has 3 rings (SSSR count). The van der Waals surface area contributed by atoms with Crippen molar-refractivity contribution in [1.29, 1.82) is 0 Å². The first-order valence-electron chi connectivity index (χ1n) is 12.1. The van der Waals surface area contributed by atoms with Gasteiger partial charge in [-0.15, -0.1) is 0 Å². The molecule has 0 aliphatic heterocycles. The molecule has 1 aliphatic rings. The van der Waals surface area contributed by atoms with Crippen molar-refractivity contribution < 1.29 is 29.0 Å². The van der Waals surface area contributed by atoms with Gasteiger partial charge in [-0.05, 0) is 56.9 Å². The van der Waals surface area contributed by atoms with E-state index in [4.69, 9.17) is 9.47 Å². The number of carbonyl (C=O) groups excluding carboxylic acids is 3. The number of aliphatic hydroxyl groups is 1. The number of carbonyl (C=O) groups is 3. The van der Waals surface area contributed by atoms with Crippen molar-refractivity contribution in [3.63, 3.8) is 0 Å². The highest BCUT2D eigenvalue weighted by molar-refractivity contribution is 6.06. The maximum atomic E-state index is 12.9. The van der Waals surface area contributed by atoms with Gasteiger partial charge in [0.2, 0.25) is 0 Å². The molecular weight excluding hydrogens is 462 g/mol. The average Bonchev–Trinajstić information content (AvgIpc) is 3.71. The van der Waals surface area contributed by atoms with Gasteiger partial charge in [0.25, 0.3) is 11.8 Å². The van der Waals surface area contributed by atoms with Crippen LogP contribution < -0.4 is 15.4 Å². The van der Waals surface area contributed by atoms with Gasteiger partial charge in [0.1, 0.15) is 11.4 Å². The van der Waals surface area contributed by atoms with Crippen molar-refractivity contribution in [2.24, 2.45) is 5.92 Å². The van der Waals surface area contributed by atoms with Gasteiger partial charge in [-0.3, -0.25) is 9.59 Å². The van der Waals surface area contributed by atoms with Crippen LogP contribution in [-0.2, 0) is 4.74 Å². The molecule has 0 spiro atoms. The summed E-state index contributed by atoms with van der Waals surface area (Å²) < 4.78 is 10.4. The number of amides is 2. The van der Waals surface area contributed by atoms with Crippen LogP contribution in [0.5, 0.6) is 5.75 Å². The Morgan fingerprint density at radius 3 is 2.42 bits per heavy atom. The summed E-state index contributed by atoms with van der Waals surface area (Å²) in [5.41, 5.74) is 1.26. The fourth-order valence-corrected chi connectivity index (χ4v) is 3.42. The molecule has 0 bridgehead atoms. The number of nitrogens with one attached hydrogen (secondary N) is 2. The van der Waals surface area contributed by atoms with Crippen molar-refractivity contribution in [3.05, 3.63) is 53.4 Å². The summed E-state index contributed by atoms with van der Waals surface area (Å²) in [5.74, 6) is -0.828. The van der Waals surface area contributed by atoms with E-state index < -0.39 is 18.2 Å². The number of esters is 1. The first-order chi connectivity index (χ1) is 17.3. The second kappa shape index (κ2) is 13.4. The number of aliphatic hydroxyl groups excluding tert-OH is 1. The van der Waals surface area contributed by atoms with Gasteiger partial charge in [0.05, 0.1) is 7.11 Å². The molecule has 0 radical (unpaired) electrons. The molecule has 1 aromatic carbocycles. The summed E-state index contributed by atoms with van der Waals surface area (Å²) >= 11 is 0. The minimum Gasteiger partial charge on any atom is -0.496 e. The lowest BCUT2D eigenvalue weighted by Crippen LogP contribution is -2.27. The number of benzene rings is 1. The number of rotatable bonds is 10. The molecule has 0 saturated heterocycles. The zero-order chi connectivity index (χ0) is 26.8. The van der Waals surface area contributed by atoms with Crippen LogP contribution in [0.3, 0.4) is 0 Å². The monoisotopic (exact) mass is 497 g/mol. The Hall–Kier alpha value is -3.72. The van der Waals surface area contributed by atoms with E-state index in [1.807, 2.05) is 13.8 Å². The lowest BCUT2D eigenvalue weighted by Gasteiger charge is -2.17. The van der Waals surface area contributed by atoms with Gasteiger partial charge in [-0.2, -0.15) is 0 Å². The lowest BCUT2D eigenvalue weighted by atomic mass is 9.94. The van der Waals surface area contributed by atoms with E-state index in [0.29, 0.717) is 35.9 Å². The maximum Gasteiger partial charge on any atom is 0.359 e. The molecule has 9 nitrogen and oxygen atoms in total. The molecule has 1 saturated carbocycles. The van der Waals surface area contributed by atoms with Crippen LogP contribution in [0.4, 0.5) is 0 Å². The van der Waals surface area contributed by atoms with E-state index in [-0.39, 0.29) is 28.4 Å². The van der Waals surface area contributed by atoms with Crippen molar-refractivity contribution in [2.45, 2.75) is 46.8 Å². The average molecular weight is 498 g/mol. The van der Waals surface area contributed by atoms with Gasteiger partial charge in [0, 0.05) is 35.3 Å². The van der Waals surface area contributed by atoms with Crippen LogP contribution in [0.25, 0.3) is 17.2 Å². The summed E-state index contributed by atoms with van der Waals surface area (Å²) in [6.07, 6.45) is 2.31. The summed E-state index contributed by atoms with van der Waals surface area (Å²) in [4.78, 5) is 42.6. The fraction of sp³-hybridized carbons (Fsp3) is 0.407. The number of aromatic nitrogens is 1. The predicted octanol–water partition coefficient (Wildman–Crippen LogP) is 3.81. The third-order valence-electron chi connectivity index (χ3n) is 5.31. The first-order valence-corrected chi connectivity index (χ1v) is 12.1. The highest BCUT2D eigenvalue weighted by atomic mass is 16.6. The zero-order valence-corrected chi connectivity index (χ0v) is 21.5. The van der Waals surface area contributed by atoms with Gasteiger partial charge < -0.3 is 25.2 Å². The Morgan fingerprint density at radius 1 is 1.17 bits per heavy atom. The van der Waals surface area contributed by atoms with E-state index in [1.165, 1.54) is 26.2 Å². The minimum absolute atomic E-state index is 0.0242. The molecule has 36 heavy (non-hydrogen) atoms. The largest absolute Gasteiger partial charge is 0.496 e. The van der Waals surface area contributed by atoms with Crippen LogP contribution in [0.2, 0.25) is 0 Å². The predicted molar refractivity (Wildman–Crippen MR) is 138 cm³/mol. The zero-order valence-electron chi connectivity index (χ0n) is 21.5. The van der Waals surface area contributed by atoms with E-state index in [2.05, 4.69) is 22.2 Å². The molecule has 2 aromatic rings. The third kappa shape index (κ3) is 7.14. The van der Waals surface area contributed by atoms with Crippen molar-refractivity contribution >= 4 is 23.9 Å². The highest BCUT2D eigenvalue weighted by Gasteiger charge is 2.26. The third-order valence-corrected chi connectivity index (χ3v) is 5.31. The molecule has 1 fully saturated rings. The molecule has 9 heteroatoms. The molecule has 1 unspecified atom stereocenters. The Morgan fingerprint density at radius 2 is 1.86 bits per heavy atom. The number of ether oxygens (including phenoxy) is 2. The normalized spacial score (nSPS) is 12.9. The highest BCUT2D eigenvalue weighted by Crippen LogP contribution is 2.34. The molecular formula is C27H35N3O6. The molecule has 1 atom stereocenters. The quantitative estimate of drug-likeness (QED) is 0.336. The van der Waals surface area contributed by atoms with Crippen molar-refractivity contribution in [1.82, 2.24) is 15.6 Å². The van der Waals surface area contributed by atoms with Crippen LogP contribution in [0.1, 0.15) is 77.4 Å². The number of hydrogen-bond acceptors (Lipinski definition) is 7. The van der Waals surface area contributed by atoms with Crippen LogP contribution in [0.15, 0.2) is 30.8 Å². The Bertz CT molecular complexity index is 1110. The van der Waals surface area contributed by atoms with Crippen molar-refractivity contribution in [3.8, 4) is 16.9 Å². The summed E-state index contributed by atoms with van der Waals surface area (Å²) in [5, 5.41) is 15.2. The van der Waals surface area contributed by atoms with E-state index in [9.17, 15) is 19.5 Å². The molecule has 194 valence electrons. The Balaban J connectivity index is 0.00000222. The second-order valence-corrected chi connectivity index (χ2v) is 7.95. The summed E-state index contributed by atoms with van der Waals surface area (Å²) in [6.45, 7) is 11.8. The molecule has 1 aliphatic carbocycles. The van der Waals surface area contributed by atoms with Gasteiger partial charge in [-0.25, -0.2) is 9.78 Å². The van der Waals surface area contributed by atoms with Crippen LogP contribution >= 0.6 is 0 Å². The number of methoxy groups -OCH3 is 1. The Labute approximate surface area is 211 Å². The molecule has 1 heterocycles. The van der Waals surface area contributed by atoms with E-state index in [1.54, 1.807) is 25.1 Å². The van der Waals surface area contributed by atoms with E-state index >= 15 is 0 Å². The minimum atomic E-state index is -1.39. The summed E-state index contributed by atoms with van der Waals surface area (Å²) in [6, 6.07) is 6.21. The van der Waals surface area contributed by atoms with Crippen LogP contribution in [-0.4, -0.2) is 54.4 Å². The summed E-state index contributed by atoms with van der Waals surface area (Å²) in [7, 11) is 1.48. The van der Waals surface area contributed by atoms with Gasteiger partial charge >= 0.3 is 5.97 Å². The van der Waals surface area contributed by atoms with Crippen LogP contribution in [0, 0.1) is 5.92 Å². The smallest absolute Gasteiger partial charge is 0.359 e. The molecule has 2 amide bonds. The van der Waals surface area contributed by atoms with E-state index in [0.717, 1.165) is 12.8 Å². The van der Waals surface area contributed by atoms with Crippen molar-refractivity contribution in [2.75, 3.05) is 20.2 Å². The topological polar surface area (TPSA) is 127 Å². The molecule has 3 N–H and O–H groups in total. The number of hydrogen-bond donors (Lipinski definition) is 3. The SMILES string of the molecule is C=Cc1cc(C(=O)NCC)c(-c2ccc(C(=O)NCC3CC3)nc2C(=O)OC(C)O)cc1OC.CC.